The van der Waals surface area contributed by atoms with Crippen LogP contribution < -0.4 is 15.0 Å². The first-order valence-corrected chi connectivity index (χ1v) is 10.5. The summed E-state index contributed by atoms with van der Waals surface area (Å²) in [5, 5.41) is 12.0. The van der Waals surface area contributed by atoms with Crippen LogP contribution in [0.5, 0.6) is 5.75 Å². The Kier molecular flexibility index (Phi) is 8.33. The third-order valence-corrected chi connectivity index (χ3v) is 5.32. The van der Waals surface area contributed by atoms with Gasteiger partial charge in [0.25, 0.3) is 0 Å². The molecule has 0 saturated carbocycles. The van der Waals surface area contributed by atoms with E-state index in [0.717, 1.165) is 68.0 Å². The van der Waals surface area contributed by atoms with E-state index in [1.54, 1.807) is 7.11 Å². The summed E-state index contributed by atoms with van der Waals surface area (Å²) < 4.78 is 7.55. The van der Waals surface area contributed by atoms with E-state index in [1.165, 1.54) is 0 Å². The van der Waals surface area contributed by atoms with Crippen LogP contribution in [0.25, 0.3) is 5.65 Å². The highest BCUT2D eigenvalue weighted by Crippen LogP contribution is 2.28. The average Bonchev–Trinajstić information content (AvgIpc) is 3.22. The minimum atomic E-state index is 0. The molecule has 2 aromatic heterocycles. The van der Waals surface area contributed by atoms with Crippen molar-refractivity contribution in [1.29, 1.82) is 0 Å². The lowest BCUT2D eigenvalue weighted by atomic mass is 10.2. The van der Waals surface area contributed by atoms with Gasteiger partial charge in [0, 0.05) is 51.9 Å². The van der Waals surface area contributed by atoms with Crippen LogP contribution >= 0.6 is 24.0 Å². The van der Waals surface area contributed by atoms with Gasteiger partial charge in [-0.2, -0.15) is 0 Å². The second kappa shape index (κ2) is 11.2. The normalized spacial score (nSPS) is 14.5. The number of guanidine groups is 1. The summed E-state index contributed by atoms with van der Waals surface area (Å²) in [5.74, 6) is 2.82. The maximum absolute atomic E-state index is 5.53. The van der Waals surface area contributed by atoms with Gasteiger partial charge in [-0.3, -0.25) is 9.39 Å². The molecule has 31 heavy (non-hydrogen) atoms. The van der Waals surface area contributed by atoms with Gasteiger partial charge in [-0.1, -0.05) is 18.2 Å². The first-order chi connectivity index (χ1) is 14.8. The number of nitrogens with zero attached hydrogens (tertiary/aromatic N) is 6. The Labute approximate surface area is 200 Å². The predicted octanol–water partition coefficient (Wildman–Crippen LogP) is 2.69. The molecule has 0 amide bonds. The fourth-order valence-corrected chi connectivity index (χ4v) is 3.80. The zero-order chi connectivity index (χ0) is 20.8. The smallest absolute Gasteiger partial charge is 0.194 e. The lowest BCUT2D eigenvalue weighted by molar-refractivity contribution is 0.367. The van der Waals surface area contributed by atoms with Crippen LogP contribution in [0.1, 0.15) is 12.7 Å². The molecule has 1 N–H and O–H groups in total. The zero-order valence-corrected chi connectivity index (χ0v) is 20.4. The Morgan fingerprint density at radius 1 is 1.06 bits per heavy atom. The van der Waals surface area contributed by atoms with E-state index in [9.17, 15) is 0 Å². The number of benzene rings is 1. The number of rotatable bonds is 6. The third kappa shape index (κ3) is 5.38. The van der Waals surface area contributed by atoms with Crippen LogP contribution in [0.3, 0.4) is 0 Å². The van der Waals surface area contributed by atoms with Crippen molar-refractivity contribution in [1.82, 2.24) is 24.8 Å². The number of aliphatic imine (C=N–C) groups is 1. The van der Waals surface area contributed by atoms with Gasteiger partial charge in [0.2, 0.25) is 0 Å². The summed E-state index contributed by atoms with van der Waals surface area (Å²) in [6.45, 7) is 7.31. The van der Waals surface area contributed by atoms with Crippen molar-refractivity contribution in [2.24, 2.45) is 4.99 Å². The van der Waals surface area contributed by atoms with E-state index in [2.05, 4.69) is 44.4 Å². The highest BCUT2D eigenvalue weighted by Gasteiger charge is 2.21. The minimum Gasteiger partial charge on any atom is -0.495 e. The molecule has 1 saturated heterocycles. The second-order valence-electron chi connectivity index (χ2n) is 7.18. The van der Waals surface area contributed by atoms with Crippen molar-refractivity contribution in [2.45, 2.75) is 13.3 Å². The predicted molar refractivity (Wildman–Crippen MR) is 135 cm³/mol. The maximum atomic E-state index is 5.53. The number of pyridine rings is 1. The molecule has 1 fully saturated rings. The summed E-state index contributed by atoms with van der Waals surface area (Å²) >= 11 is 0. The molecule has 4 rings (SSSR count). The number of nitrogens with one attached hydrogen (secondary N) is 1. The standard InChI is InChI=1S/C22H29N7O.HI/c1-3-23-22(24-12-11-21-26-25-20-10-6-7-13-29(20)21)28-16-14-27(15-17-28)18-8-4-5-9-19(18)30-2;/h4-10,13H,3,11-12,14-17H2,1-2H3,(H,23,24);1H. The van der Waals surface area contributed by atoms with E-state index in [4.69, 9.17) is 9.73 Å². The first-order valence-electron chi connectivity index (χ1n) is 10.5. The number of fused-ring (bicyclic) bond motifs is 1. The van der Waals surface area contributed by atoms with E-state index in [-0.39, 0.29) is 24.0 Å². The Morgan fingerprint density at radius 3 is 2.61 bits per heavy atom. The largest absolute Gasteiger partial charge is 0.495 e. The number of aromatic nitrogens is 3. The van der Waals surface area contributed by atoms with E-state index < -0.39 is 0 Å². The van der Waals surface area contributed by atoms with Gasteiger partial charge < -0.3 is 19.9 Å². The molecule has 0 unspecified atom stereocenters. The molecule has 0 atom stereocenters. The van der Waals surface area contributed by atoms with Crippen LogP contribution in [0.15, 0.2) is 53.7 Å². The summed E-state index contributed by atoms with van der Waals surface area (Å²) in [4.78, 5) is 9.56. The number of piperazine rings is 1. The highest BCUT2D eigenvalue weighted by atomic mass is 127. The van der Waals surface area contributed by atoms with Crippen molar-refractivity contribution in [3.8, 4) is 5.75 Å². The molecule has 8 nitrogen and oxygen atoms in total. The fraction of sp³-hybridized carbons (Fsp3) is 0.409. The van der Waals surface area contributed by atoms with Gasteiger partial charge in [0.1, 0.15) is 11.6 Å². The quantitative estimate of drug-likeness (QED) is 0.298. The molecular formula is C22H30IN7O. The molecule has 0 aliphatic carbocycles. The molecule has 0 radical (unpaired) electrons. The van der Waals surface area contributed by atoms with Crippen molar-refractivity contribution >= 4 is 41.3 Å². The van der Waals surface area contributed by atoms with Gasteiger partial charge in [-0.25, -0.2) is 0 Å². The van der Waals surface area contributed by atoms with E-state index in [1.807, 2.05) is 40.9 Å². The third-order valence-electron chi connectivity index (χ3n) is 5.32. The lowest BCUT2D eigenvalue weighted by Crippen LogP contribution is -2.52. The van der Waals surface area contributed by atoms with Crippen molar-refractivity contribution in [3.05, 3.63) is 54.5 Å². The Morgan fingerprint density at radius 2 is 1.84 bits per heavy atom. The molecule has 0 bridgehead atoms. The molecule has 1 aliphatic rings. The molecular weight excluding hydrogens is 505 g/mol. The second-order valence-corrected chi connectivity index (χ2v) is 7.18. The molecule has 1 aromatic carbocycles. The monoisotopic (exact) mass is 535 g/mol. The Hall–Kier alpha value is -2.56. The summed E-state index contributed by atoms with van der Waals surface area (Å²) in [5.41, 5.74) is 2.02. The Balaban J connectivity index is 0.00000272. The van der Waals surface area contributed by atoms with Gasteiger partial charge in [0.05, 0.1) is 12.8 Å². The van der Waals surface area contributed by atoms with Crippen LogP contribution in [0.2, 0.25) is 0 Å². The maximum Gasteiger partial charge on any atom is 0.194 e. The van der Waals surface area contributed by atoms with Crippen molar-refractivity contribution in [2.75, 3.05) is 51.3 Å². The minimum absolute atomic E-state index is 0. The van der Waals surface area contributed by atoms with Gasteiger partial charge in [0.15, 0.2) is 11.6 Å². The van der Waals surface area contributed by atoms with Crippen LogP contribution in [0.4, 0.5) is 5.69 Å². The average molecular weight is 535 g/mol. The fourth-order valence-electron chi connectivity index (χ4n) is 3.80. The summed E-state index contributed by atoms with van der Waals surface area (Å²) in [7, 11) is 1.73. The number of para-hydroxylation sites is 2. The van der Waals surface area contributed by atoms with Gasteiger partial charge in [-0.05, 0) is 31.2 Å². The van der Waals surface area contributed by atoms with E-state index in [0.29, 0.717) is 6.54 Å². The first kappa shape index (κ1) is 23.1. The Bertz CT molecular complexity index is 998. The highest BCUT2D eigenvalue weighted by molar-refractivity contribution is 14.0. The number of methoxy groups -OCH3 is 1. The van der Waals surface area contributed by atoms with Gasteiger partial charge >= 0.3 is 0 Å². The van der Waals surface area contributed by atoms with Gasteiger partial charge in [-0.15, -0.1) is 34.2 Å². The molecule has 166 valence electrons. The van der Waals surface area contributed by atoms with Crippen LogP contribution in [0, 0.1) is 0 Å². The molecule has 9 heteroatoms. The molecule has 0 spiro atoms. The number of ether oxygens (including phenoxy) is 1. The summed E-state index contributed by atoms with van der Waals surface area (Å²) in [6.07, 6.45) is 2.75. The molecule has 1 aliphatic heterocycles. The molecule has 3 aromatic rings. The lowest BCUT2D eigenvalue weighted by Gasteiger charge is -2.38. The molecule has 3 heterocycles. The summed E-state index contributed by atoms with van der Waals surface area (Å²) in [6, 6.07) is 14.1. The van der Waals surface area contributed by atoms with Crippen molar-refractivity contribution in [3.63, 3.8) is 0 Å². The van der Waals surface area contributed by atoms with E-state index >= 15 is 0 Å². The topological polar surface area (TPSA) is 70.3 Å². The van der Waals surface area contributed by atoms with Crippen LogP contribution in [-0.4, -0.2) is 71.8 Å². The number of hydrogen-bond donors (Lipinski definition) is 1. The zero-order valence-electron chi connectivity index (χ0n) is 18.1. The number of hydrogen-bond acceptors (Lipinski definition) is 5. The SMILES string of the molecule is CCNC(=NCCc1nnc2ccccn12)N1CCN(c2ccccc2OC)CC1.I. The van der Waals surface area contributed by atoms with Crippen LogP contribution in [-0.2, 0) is 6.42 Å². The number of halogens is 1. The number of anilines is 1. The van der Waals surface area contributed by atoms with Crippen molar-refractivity contribution < 1.29 is 4.74 Å².